The van der Waals surface area contributed by atoms with Crippen LogP contribution in [-0.4, -0.2) is 40.7 Å². The van der Waals surface area contributed by atoms with E-state index in [1.807, 2.05) is 13.0 Å². The highest BCUT2D eigenvalue weighted by Crippen LogP contribution is 2.38. The van der Waals surface area contributed by atoms with Gasteiger partial charge in [0.25, 0.3) is 5.91 Å². The van der Waals surface area contributed by atoms with Crippen molar-refractivity contribution in [2.45, 2.75) is 19.9 Å². The van der Waals surface area contributed by atoms with Gasteiger partial charge in [0.1, 0.15) is 35.2 Å². The van der Waals surface area contributed by atoms with E-state index in [0.717, 1.165) is 29.5 Å². The topological polar surface area (TPSA) is 217 Å². The normalized spacial score (nSPS) is 11.6. The molecule has 0 aliphatic heterocycles. The van der Waals surface area contributed by atoms with E-state index in [-0.39, 0.29) is 46.5 Å². The minimum absolute atomic E-state index is 0.0348. The Balaban J connectivity index is 0.849. The number of imide groups is 1. The number of ether oxygens (including phenoxy) is 1. The number of aromatic hydroxyl groups is 2. The van der Waals surface area contributed by atoms with Crippen LogP contribution < -0.4 is 20.9 Å². The Labute approximate surface area is 395 Å². The largest absolute Gasteiger partial charge is 0.573 e. The number of nitrogens with zero attached hydrogens (tertiary/aromatic N) is 5. The fraction of sp³-hybridized carbons (Fsp3) is 0.0588. The number of azo groups is 2. The van der Waals surface area contributed by atoms with Crippen molar-refractivity contribution in [2.75, 3.05) is 10.8 Å². The quantitative estimate of drug-likeness (QED) is 0.0217. The van der Waals surface area contributed by atoms with E-state index < -0.39 is 24.1 Å². The second-order valence-corrected chi connectivity index (χ2v) is 15.2. The van der Waals surface area contributed by atoms with Gasteiger partial charge < -0.3 is 29.9 Å². The van der Waals surface area contributed by atoms with Gasteiger partial charge in [-0.15, -0.1) is 23.4 Å². The van der Waals surface area contributed by atoms with Crippen molar-refractivity contribution < 1.29 is 52.2 Å². The molecule has 19 heteroatoms. The lowest BCUT2D eigenvalue weighted by atomic mass is 10.0. The van der Waals surface area contributed by atoms with Gasteiger partial charge in [-0.1, -0.05) is 53.7 Å². The third-order valence-electron chi connectivity index (χ3n) is 10.2. The third-order valence-corrected chi connectivity index (χ3v) is 10.2. The number of carbonyl (C=O) groups is 3. The first-order valence-electron chi connectivity index (χ1n) is 20.9. The maximum absolute atomic E-state index is 13.4. The number of carbonyl (C=O) groups excluding carboxylic acids is 3. The first kappa shape index (κ1) is 46.9. The summed E-state index contributed by atoms with van der Waals surface area (Å²) in [6.45, 7) is 1.92. The Bertz CT molecular complexity index is 3350. The minimum Gasteiger partial charge on any atom is -0.506 e. The maximum Gasteiger partial charge on any atom is 0.573 e. The van der Waals surface area contributed by atoms with Gasteiger partial charge in [-0.05, 0) is 132 Å². The van der Waals surface area contributed by atoms with Crippen molar-refractivity contribution in [2.24, 2.45) is 25.6 Å². The summed E-state index contributed by atoms with van der Waals surface area (Å²) in [6.07, 6.45) is -3.90. The van der Waals surface area contributed by atoms with Gasteiger partial charge in [0, 0.05) is 39.2 Å². The molecule has 0 aromatic heterocycles. The van der Waals surface area contributed by atoms with Gasteiger partial charge >= 0.3 is 12.4 Å². The number of anilines is 2. The molecule has 350 valence electrons. The predicted octanol–water partition coefficient (Wildman–Crippen LogP) is 13.1. The predicted molar refractivity (Wildman–Crippen MR) is 255 cm³/mol. The molecule has 0 unspecified atom stereocenters. The fourth-order valence-corrected chi connectivity index (χ4v) is 6.91. The molecule has 8 aromatic rings. The molecule has 0 fully saturated rings. The van der Waals surface area contributed by atoms with Crippen LogP contribution in [0.3, 0.4) is 0 Å². The molecule has 0 aliphatic carbocycles. The lowest BCUT2D eigenvalue weighted by Crippen LogP contribution is -2.34. The number of oxime groups is 1. The molecule has 0 heterocycles. The maximum atomic E-state index is 13.4. The van der Waals surface area contributed by atoms with E-state index in [9.17, 15) is 37.8 Å². The van der Waals surface area contributed by atoms with Gasteiger partial charge in [-0.3, -0.25) is 14.9 Å². The van der Waals surface area contributed by atoms with Gasteiger partial charge in [-0.2, -0.15) is 10.2 Å². The van der Waals surface area contributed by atoms with Gasteiger partial charge in [0.15, 0.2) is 5.78 Å². The first-order chi connectivity index (χ1) is 33.7. The second kappa shape index (κ2) is 20.9. The molecule has 5 N–H and O–H groups in total. The highest BCUT2D eigenvalue weighted by Gasteiger charge is 2.31. The van der Waals surface area contributed by atoms with Crippen LogP contribution in [0.15, 0.2) is 183 Å². The van der Waals surface area contributed by atoms with Crippen LogP contribution in [-0.2, 0) is 16.3 Å². The van der Waals surface area contributed by atoms with Crippen LogP contribution >= 0.6 is 0 Å². The van der Waals surface area contributed by atoms with Crippen LogP contribution in [0.1, 0.15) is 37.4 Å². The smallest absolute Gasteiger partial charge is 0.506 e. The Morgan fingerprint density at radius 3 is 1.84 bits per heavy atom. The number of hydrogen-bond donors (Lipinski definition) is 5. The fourth-order valence-electron chi connectivity index (χ4n) is 6.91. The Hall–Kier alpha value is -9.65. The van der Waals surface area contributed by atoms with Crippen molar-refractivity contribution in [1.29, 1.82) is 0 Å². The molecule has 0 atom stereocenters. The number of amides is 3. The number of nitrogens with one attached hydrogen (secondary N) is 3. The van der Waals surface area contributed by atoms with Gasteiger partial charge in [0.2, 0.25) is 6.40 Å². The molecule has 0 spiro atoms. The van der Waals surface area contributed by atoms with Crippen molar-refractivity contribution in [3.05, 3.63) is 186 Å². The van der Waals surface area contributed by atoms with E-state index in [2.05, 4.69) is 46.5 Å². The summed E-state index contributed by atoms with van der Waals surface area (Å²) in [6, 6.07) is 40.6. The van der Waals surface area contributed by atoms with E-state index in [1.54, 1.807) is 109 Å². The number of phenols is 2. The molecule has 0 saturated carbocycles. The SMILES string of the molecule is Cc1cccc(NC(=O)NC(=O)c2ccc3c(N=Nc4ccc(C(=O)c5ccc(N=Nc6c(O)ccc7cc(CO/N=C/ONc8cccc(OC(F)(F)F)c8)ccc67)cc5)cc4)c(O)ccc3c2)c1. The molecule has 3 amide bonds. The number of halogens is 3. The Kier molecular flexibility index (Phi) is 14.0. The zero-order chi connectivity index (χ0) is 49.2. The van der Waals surface area contributed by atoms with Crippen LogP contribution in [0.4, 0.5) is 52.1 Å². The first-order valence-corrected chi connectivity index (χ1v) is 20.9. The van der Waals surface area contributed by atoms with E-state index >= 15 is 0 Å². The molecule has 8 rings (SSSR count). The number of hydrogen-bond acceptors (Lipinski definition) is 14. The highest BCUT2D eigenvalue weighted by molar-refractivity contribution is 6.10. The third kappa shape index (κ3) is 12.0. The zero-order valence-electron chi connectivity index (χ0n) is 36.5. The highest BCUT2D eigenvalue weighted by atomic mass is 19.4. The van der Waals surface area contributed by atoms with E-state index in [0.29, 0.717) is 49.9 Å². The number of fused-ring (bicyclic) bond motifs is 2. The second-order valence-electron chi connectivity index (χ2n) is 15.2. The minimum atomic E-state index is -4.83. The number of aryl methyl sites for hydroxylation is 1. The van der Waals surface area contributed by atoms with Crippen LogP contribution in [0, 0.1) is 6.92 Å². The van der Waals surface area contributed by atoms with Crippen molar-refractivity contribution >= 4 is 79.8 Å². The van der Waals surface area contributed by atoms with Crippen molar-refractivity contribution in [1.82, 2.24) is 5.32 Å². The molecule has 16 nitrogen and oxygen atoms in total. The molecule has 0 saturated heterocycles. The summed E-state index contributed by atoms with van der Waals surface area (Å²) in [5, 5.41) is 49.5. The number of alkyl halides is 3. The Morgan fingerprint density at radius 2 is 1.21 bits per heavy atom. The van der Waals surface area contributed by atoms with Crippen LogP contribution in [0.2, 0.25) is 0 Å². The van der Waals surface area contributed by atoms with E-state index in [1.165, 1.54) is 30.3 Å². The zero-order valence-corrected chi connectivity index (χ0v) is 36.5. The molecule has 8 aromatic carbocycles. The lowest BCUT2D eigenvalue weighted by molar-refractivity contribution is -0.274. The lowest BCUT2D eigenvalue weighted by Gasteiger charge is -2.10. The average molecular weight is 947 g/mol. The summed E-state index contributed by atoms with van der Waals surface area (Å²) in [7, 11) is 0. The van der Waals surface area contributed by atoms with E-state index in [4.69, 9.17) is 9.68 Å². The number of rotatable bonds is 15. The monoisotopic (exact) mass is 946 g/mol. The van der Waals surface area contributed by atoms with Crippen LogP contribution in [0.5, 0.6) is 17.2 Å². The summed E-state index contributed by atoms with van der Waals surface area (Å²) in [5.74, 6) is -1.56. The molecule has 0 radical (unpaired) electrons. The molecular weight excluding hydrogens is 910 g/mol. The molecule has 0 bridgehead atoms. The summed E-state index contributed by atoms with van der Waals surface area (Å²) >= 11 is 0. The summed E-state index contributed by atoms with van der Waals surface area (Å²) < 4.78 is 41.3. The number of phenolic OH excluding ortho intramolecular Hbond substituents is 2. The molecular formula is C51H37F3N8O8. The molecule has 0 aliphatic rings. The van der Waals surface area contributed by atoms with Gasteiger partial charge in [-0.25, -0.2) is 10.3 Å². The number of urea groups is 1. The average Bonchev–Trinajstić information content (AvgIpc) is 3.34. The van der Waals surface area contributed by atoms with Crippen molar-refractivity contribution in [3.63, 3.8) is 0 Å². The molecule has 70 heavy (non-hydrogen) atoms. The number of ketones is 1. The summed E-state index contributed by atoms with van der Waals surface area (Å²) in [4.78, 5) is 49.0. The Morgan fingerprint density at radius 1 is 0.629 bits per heavy atom. The van der Waals surface area contributed by atoms with Gasteiger partial charge in [0.05, 0.1) is 17.1 Å². The van der Waals surface area contributed by atoms with Crippen molar-refractivity contribution in [3.8, 4) is 17.2 Å². The van der Waals surface area contributed by atoms with Crippen LogP contribution in [0.25, 0.3) is 21.5 Å². The number of benzene rings is 8. The summed E-state index contributed by atoms with van der Waals surface area (Å²) in [5.41, 5.74) is 6.98. The standard InChI is InChI=1S/C51H37F3N8O8/c1-30-4-2-5-39(24-30)56-50(67)57-49(66)36-13-21-43-35(26-36)15-23-45(64)47(43)61-59-38-18-11-33(12-19-38)48(65)32-9-16-37(17-10-32)58-60-46-42-20-8-31(25-34(42)14-22-44(46)63)28-68-55-29-69-62-40-6-3-7-41(27-40)70-51(52,53)54/h2-27,29,62-64H,28H2,1H3,(H2,56,57,66,67)/b55-29+,60-58?,61-59?.